The zero-order valence-electron chi connectivity index (χ0n) is 10.6. The molecule has 4 nitrogen and oxygen atoms in total. The fraction of sp³-hybridized carbons (Fsp3) is 0.0714. The molecule has 0 aromatic heterocycles. The van der Waals surface area contributed by atoms with Crippen molar-refractivity contribution in [2.45, 2.75) is 6.61 Å². The van der Waals surface area contributed by atoms with Gasteiger partial charge in [0.2, 0.25) is 0 Å². The smallest absolute Gasteiger partial charge is 0.387 e. The van der Waals surface area contributed by atoms with Crippen LogP contribution in [-0.2, 0) is 0 Å². The summed E-state index contributed by atoms with van der Waals surface area (Å²) in [5, 5.41) is 2.62. The standard InChI is InChI=1S/C14H11BrF2N2O2/c15-8-1-6-12(18)11(7-8)13(20)19-9-2-4-10(5-3-9)21-14(16)17/h1-7,14H,18H2,(H,19,20). The van der Waals surface area contributed by atoms with Crippen LogP contribution in [0, 0.1) is 0 Å². The van der Waals surface area contributed by atoms with Crippen LogP contribution in [0.1, 0.15) is 10.4 Å². The predicted octanol–water partition coefficient (Wildman–Crippen LogP) is 3.89. The quantitative estimate of drug-likeness (QED) is 0.817. The Kier molecular flexibility index (Phi) is 4.74. The largest absolute Gasteiger partial charge is 0.435 e. The fourth-order valence-corrected chi connectivity index (χ4v) is 2.00. The molecule has 3 N–H and O–H groups in total. The summed E-state index contributed by atoms with van der Waals surface area (Å²) in [5.74, 6) is -0.374. The number of carbonyl (C=O) groups excluding carboxylic acids is 1. The molecular weight excluding hydrogens is 346 g/mol. The molecule has 0 saturated heterocycles. The Balaban J connectivity index is 2.10. The molecule has 110 valence electrons. The Labute approximate surface area is 128 Å². The topological polar surface area (TPSA) is 64.4 Å². The van der Waals surface area contributed by atoms with Crippen LogP contribution in [0.15, 0.2) is 46.9 Å². The van der Waals surface area contributed by atoms with Crippen molar-refractivity contribution in [3.63, 3.8) is 0 Å². The summed E-state index contributed by atoms with van der Waals surface area (Å²) in [4.78, 5) is 12.1. The lowest BCUT2D eigenvalue weighted by molar-refractivity contribution is -0.0498. The van der Waals surface area contributed by atoms with Gasteiger partial charge in [-0.3, -0.25) is 4.79 Å². The molecule has 0 unspecified atom stereocenters. The van der Waals surface area contributed by atoms with Gasteiger partial charge in [-0.15, -0.1) is 0 Å². The summed E-state index contributed by atoms with van der Waals surface area (Å²) in [6.07, 6.45) is 0. The second kappa shape index (κ2) is 6.53. The van der Waals surface area contributed by atoms with E-state index in [9.17, 15) is 13.6 Å². The van der Waals surface area contributed by atoms with Gasteiger partial charge in [-0.1, -0.05) is 15.9 Å². The summed E-state index contributed by atoms with van der Waals surface area (Å²) in [6.45, 7) is -2.88. The van der Waals surface area contributed by atoms with E-state index in [2.05, 4.69) is 26.0 Å². The monoisotopic (exact) mass is 356 g/mol. The van der Waals surface area contributed by atoms with E-state index in [1.54, 1.807) is 18.2 Å². The molecular formula is C14H11BrF2N2O2. The highest BCUT2D eigenvalue weighted by molar-refractivity contribution is 9.10. The van der Waals surface area contributed by atoms with E-state index < -0.39 is 12.5 Å². The highest BCUT2D eigenvalue weighted by atomic mass is 79.9. The summed E-state index contributed by atoms with van der Waals surface area (Å²) >= 11 is 3.26. The van der Waals surface area contributed by atoms with Crippen LogP contribution in [0.4, 0.5) is 20.2 Å². The lowest BCUT2D eigenvalue weighted by Crippen LogP contribution is -2.14. The second-order valence-corrected chi connectivity index (χ2v) is 5.00. The zero-order chi connectivity index (χ0) is 15.4. The van der Waals surface area contributed by atoms with Crippen LogP contribution in [0.5, 0.6) is 5.75 Å². The molecule has 2 aromatic rings. The number of hydrogen-bond donors (Lipinski definition) is 2. The molecule has 2 rings (SSSR count). The number of nitrogens with one attached hydrogen (secondary N) is 1. The fourth-order valence-electron chi connectivity index (χ4n) is 1.64. The number of rotatable bonds is 4. The summed E-state index contributed by atoms with van der Waals surface area (Å²) in [5.41, 5.74) is 6.84. The lowest BCUT2D eigenvalue weighted by Gasteiger charge is -2.09. The van der Waals surface area contributed by atoms with Crippen LogP contribution < -0.4 is 15.8 Å². The van der Waals surface area contributed by atoms with Crippen molar-refractivity contribution >= 4 is 33.2 Å². The van der Waals surface area contributed by atoms with Gasteiger partial charge < -0.3 is 15.8 Å². The Morgan fingerprint density at radius 2 is 1.86 bits per heavy atom. The Bertz CT molecular complexity index is 648. The summed E-state index contributed by atoms with van der Waals surface area (Å²) in [7, 11) is 0. The maximum Gasteiger partial charge on any atom is 0.387 e. The Morgan fingerprint density at radius 3 is 2.48 bits per heavy atom. The SMILES string of the molecule is Nc1ccc(Br)cc1C(=O)Nc1ccc(OC(F)F)cc1. The van der Waals surface area contributed by atoms with Crippen molar-refractivity contribution in [3.05, 3.63) is 52.5 Å². The molecule has 0 atom stereocenters. The molecule has 1 amide bonds. The van der Waals surface area contributed by atoms with Crippen LogP contribution in [0.3, 0.4) is 0 Å². The van der Waals surface area contributed by atoms with E-state index in [0.717, 1.165) is 4.47 Å². The zero-order valence-corrected chi connectivity index (χ0v) is 12.2. The van der Waals surface area contributed by atoms with Gasteiger partial charge in [-0.05, 0) is 42.5 Å². The van der Waals surface area contributed by atoms with E-state index >= 15 is 0 Å². The summed E-state index contributed by atoms with van der Waals surface area (Å²) in [6, 6.07) is 10.5. The molecule has 7 heteroatoms. The number of alkyl halides is 2. The molecule has 0 radical (unpaired) electrons. The van der Waals surface area contributed by atoms with Crippen molar-refractivity contribution < 1.29 is 18.3 Å². The first kappa shape index (κ1) is 15.2. The highest BCUT2D eigenvalue weighted by Gasteiger charge is 2.11. The predicted molar refractivity (Wildman–Crippen MR) is 79.6 cm³/mol. The van der Waals surface area contributed by atoms with E-state index in [1.807, 2.05) is 0 Å². The number of benzene rings is 2. The maximum absolute atomic E-state index is 12.1. The molecule has 0 saturated carbocycles. The van der Waals surface area contributed by atoms with Crippen molar-refractivity contribution in [3.8, 4) is 5.75 Å². The second-order valence-electron chi connectivity index (χ2n) is 4.09. The molecule has 0 aliphatic rings. The van der Waals surface area contributed by atoms with Crippen LogP contribution >= 0.6 is 15.9 Å². The molecule has 0 spiro atoms. The molecule has 2 aromatic carbocycles. The van der Waals surface area contributed by atoms with E-state index in [0.29, 0.717) is 16.9 Å². The third-order valence-electron chi connectivity index (χ3n) is 2.60. The molecule has 0 fully saturated rings. The Hall–Kier alpha value is -2.15. The van der Waals surface area contributed by atoms with Crippen LogP contribution in [0.25, 0.3) is 0 Å². The number of amides is 1. The number of ether oxygens (including phenoxy) is 1. The van der Waals surface area contributed by atoms with Crippen molar-refractivity contribution in [1.29, 1.82) is 0 Å². The molecule has 0 bridgehead atoms. The van der Waals surface area contributed by atoms with Crippen LogP contribution in [-0.4, -0.2) is 12.5 Å². The van der Waals surface area contributed by atoms with Crippen molar-refractivity contribution in [1.82, 2.24) is 0 Å². The number of nitrogen functional groups attached to an aromatic ring is 1. The number of anilines is 2. The van der Waals surface area contributed by atoms with Gasteiger partial charge in [0, 0.05) is 15.8 Å². The van der Waals surface area contributed by atoms with Gasteiger partial charge in [-0.25, -0.2) is 0 Å². The number of halogens is 3. The normalized spacial score (nSPS) is 10.5. The first-order chi connectivity index (χ1) is 9.95. The van der Waals surface area contributed by atoms with Gasteiger partial charge in [-0.2, -0.15) is 8.78 Å². The third-order valence-corrected chi connectivity index (χ3v) is 3.09. The van der Waals surface area contributed by atoms with Gasteiger partial charge in [0.1, 0.15) is 5.75 Å². The number of carbonyl (C=O) groups is 1. The summed E-state index contributed by atoms with van der Waals surface area (Å²) < 4.78 is 29.0. The lowest BCUT2D eigenvalue weighted by atomic mass is 10.1. The Morgan fingerprint density at radius 1 is 1.19 bits per heavy atom. The maximum atomic E-state index is 12.1. The third kappa shape index (κ3) is 4.16. The minimum Gasteiger partial charge on any atom is -0.435 e. The number of hydrogen-bond acceptors (Lipinski definition) is 3. The molecule has 21 heavy (non-hydrogen) atoms. The van der Waals surface area contributed by atoms with E-state index in [-0.39, 0.29) is 5.75 Å². The minimum atomic E-state index is -2.88. The highest BCUT2D eigenvalue weighted by Crippen LogP contribution is 2.21. The first-order valence-electron chi connectivity index (χ1n) is 5.87. The first-order valence-corrected chi connectivity index (χ1v) is 6.66. The van der Waals surface area contributed by atoms with Gasteiger partial charge in [0.15, 0.2) is 0 Å². The van der Waals surface area contributed by atoms with Crippen molar-refractivity contribution in [2.75, 3.05) is 11.1 Å². The average molecular weight is 357 g/mol. The van der Waals surface area contributed by atoms with Gasteiger partial charge in [0.05, 0.1) is 5.56 Å². The molecule has 0 aliphatic carbocycles. The average Bonchev–Trinajstić information content (AvgIpc) is 2.43. The van der Waals surface area contributed by atoms with Gasteiger partial charge >= 0.3 is 6.61 Å². The van der Waals surface area contributed by atoms with Crippen LogP contribution in [0.2, 0.25) is 0 Å². The van der Waals surface area contributed by atoms with Crippen molar-refractivity contribution in [2.24, 2.45) is 0 Å². The molecule has 0 heterocycles. The van der Waals surface area contributed by atoms with E-state index in [4.69, 9.17) is 5.73 Å². The minimum absolute atomic E-state index is 0.0185. The van der Waals surface area contributed by atoms with E-state index in [1.165, 1.54) is 24.3 Å². The van der Waals surface area contributed by atoms with Gasteiger partial charge in [0.25, 0.3) is 5.91 Å². The number of nitrogens with two attached hydrogens (primary N) is 1. The molecule has 0 aliphatic heterocycles.